The number of ether oxygens (including phenoxy) is 3. The summed E-state index contributed by atoms with van der Waals surface area (Å²) in [5.41, 5.74) is 1.52. The smallest absolute Gasteiger partial charge is 0.339 e. The van der Waals surface area contributed by atoms with Crippen LogP contribution in [0, 0.1) is 0 Å². The summed E-state index contributed by atoms with van der Waals surface area (Å²) in [4.78, 5) is 24.0. The molecule has 26 heavy (non-hydrogen) atoms. The van der Waals surface area contributed by atoms with Crippen molar-refractivity contribution in [1.82, 2.24) is 0 Å². The van der Waals surface area contributed by atoms with Crippen molar-refractivity contribution in [1.29, 1.82) is 0 Å². The van der Waals surface area contributed by atoms with Crippen LogP contribution in [0.2, 0.25) is 5.02 Å². The third-order valence-electron chi connectivity index (χ3n) is 3.56. The first-order valence-electron chi connectivity index (χ1n) is 7.96. The standard InChI is InChI=1S/C19H20ClNO5/c1-4-26-19(23)14-7-6-13(11-15(14)20)21-18(22)10-12-5-8-16(24-2)17(9-12)25-3/h5-9,11H,4,10H2,1-3H3,(H,21,22). The summed E-state index contributed by atoms with van der Waals surface area (Å²) in [7, 11) is 3.09. The lowest BCUT2D eigenvalue weighted by atomic mass is 10.1. The molecule has 138 valence electrons. The highest BCUT2D eigenvalue weighted by molar-refractivity contribution is 6.34. The molecule has 0 radical (unpaired) electrons. The van der Waals surface area contributed by atoms with Crippen molar-refractivity contribution in [3.05, 3.63) is 52.5 Å². The second-order valence-corrected chi connectivity index (χ2v) is 5.74. The Morgan fingerprint density at radius 2 is 1.77 bits per heavy atom. The Kier molecular flexibility index (Phi) is 6.86. The molecule has 0 aromatic heterocycles. The van der Waals surface area contributed by atoms with E-state index in [2.05, 4.69) is 5.32 Å². The number of anilines is 1. The van der Waals surface area contributed by atoms with Crippen molar-refractivity contribution in [2.75, 3.05) is 26.1 Å². The van der Waals surface area contributed by atoms with Gasteiger partial charge in [-0.3, -0.25) is 4.79 Å². The average molecular weight is 378 g/mol. The fourth-order valence-corrected chi connectivity index (χ4v) is 2.61. The SMILES string of the molecule is CCOC(=O)c1ccc(NC(=O)Cc2ccc(OC)c(OC)c2)cc1Cl. The quantitative estimate of drug-likeness (QED) is 0.744. The van der Waals surface area contributed by atoms with Gasteiger partial charge in [0.2, 0.25) is 5.91 Å². The van der Waals surface area contributed by atoms with Crippen LogP contribution in [0.25, 0.3) is 0 Å². The first kappa shape index (κ1) is 19.6. The predicted octanol–water partition coefficient (Wildman–Crippen LogP) is 3.72. The average Bonchev–Trinajstić information content (AvgIpc) is 2.61. The van der Waals surface area contributed by atoms with Crippen molar-refractivity contribution in [2.24, 2.45) is 0 Å². The highest BCUT2D eigenvalue weighted by Crippen LogP contribution is 2.28. The van der Waals surface area contributed by atoms with Crippen LogP contribution in [0.4, 0.5) is 5.69 Å². The van der Waals surface area contributed by atoms with Crippen LogP contribution in [0.15, 0.2) is 36.4 Å². The molecule has 0 saturated heterocycles. The Labute approximate surface area is 157 Å². The maximum absolute atomic E-state index is 12.3. The second kappa shape index (κ2) is 9.10. The molecule has 1 amide bonds. The lowest BCUT2D eigenvalue weighted by molar-refractivity contribution is -0.115. The predicted molar refractivity (Wildman–Crippen MR) is 99.3 cm³/mol. The fourth-order valence-electron chi connectivity index (χ4n) is 2.35. The third kappa shape index (κ3) is 4.89. The van der Waals surface area contributed by atoms with Crippen LogP contribution in [0.3, 0.4) is 0 Å². The van der Waals surface area contributed by atoms with E-state index in [0.717, 1.165) is 5.56 Å². The Hall–Kier alpha value is -2.73. The molecule has 2 aromatic rings. The molecule has 0 aliphatic carbocycles. The number of esters is 1. The van der Waals surface area contributed by atoms with Crippen LogP contribution >= 0.6 is 11.6 Å². The van der Waals surface area contributed by atoms with Gasteiger partial charge in [-0.15, -0.1) is 0 Å². The van der Waals surface area contributed by atoms with E-state index in [-0.39, 0.29) is 29.5 Å². The van der Waals surface area contributed by atoms with E-state index in [0.29, 0.717) is 17.2 Å². The summed E-state index contributed by atoms with van der Waals surface area (Å²) < 4.78 is 15.3. The zero-order valence-electron chi connectivity index (χ0n) is 14.8. The molecule has 2 aromatic carbocycles. The summed E-state index contributed by atoms with van der Waals surface area (Å²) >= 11 is 6.09. The van der Waals surface area contributed by atoms with Crippen molar-refractivity contribution >= 4 is 29.2 Å². The molecule has 7 heteroatoms. The van der Waals surface area contributed by atoms with Gasteiger partial charge in [0, 0.05) is 5.69 Å². The van der Waals surface area contributed by atoms with Gasteiger partial charge < -0.3 is 19.5 Å². The van der Waals surface area contributed by atoms with Crippen LogP contribution in [-0.4, -0.2) is 32.7 Å². The van der Waals surface area contributed by atoms with Crippen molar-refractivity contribution in [2.45, 2.75) is 13.3 Å². The van der Waals surface area contributed by atoms with Crippen LogP contribution < -0.4 is 14.8 Å². The summed E-state index contributed by atoms with van der Waals surface area (Å²) in [6.45, 7) is 1.98. The van der Waals surface area contributed by atoms with Gasteiger partial charge in [-0.05, 0) is 42.8 Å². The van der Waals surface area contributed by atoms with Crippen LogP contribution in [-0.2, 0) is 16.0 Å². The number of rotatable bonds is 7. The largest absolute Gasteiger partial charge is 0.493 e. The third-order valence-corrected chi connectivity index (χ3v) is 3.87. The Bertz CT molecular complexity index is 807. The van der Waals surface area contributed by atoms with Gasteiger partial charge in [0.1, 0.15) is 0 Å². The molecular weight excluding hydrogens is 358 g/mol. The molecule has 0 aliphatic heterocycles. The van der Waals surface area contributed by atoms with E-state index in [1.54, 1.807) is 38.3 Å². The minimum Gasteiger partial charge on any atom is -0.493 e. The second-order valence-electron chi connectivity index (χ2n) is 5.33. The fraction of sp³-hybridized carbons (Fsp3) is 0.263. The molecule has 0 bridgehead atoms. The van der Waals surface area contributed by atoms with Gasteiger partial charge in [-0.1, -0.05) is 17.7 Å². The van der Waals surface area contributed by atoms with Crippen LogP contribution in [0.5, 0.6) is 11.5 Å². The van der Waals surface area contributed by atoms with E-state index in [1.807, 2.05) is 0 Å². The molecule has 0 saturated carbocycles. The number of hydrogen-bond donors (Lipinski definition) is 1. The van der Waals surface area contributed by atoms with Crippen molar-refractivity contribution < 1.29 is 23.8 Å². The number of halogens is 1. The van der Waals surface area contributed by atoms with Gasteiger partial charge in [-0.2, -0.15) is 0 Å². The minimum atomic E-state index is -0.499. The molecule has 6 nitrogen and oxygen atoms in total. The minimum absolute atomic E-state index is 0.150. The summed E-state index contributed by atoms with van der Waals surface area (Å²) in [6, 6.07) is 9.91. The maximum atomic E-state index is 12.3. The highest BCUT2D eigenvalue weighted by Gasteiger charge is 2.13. The maximum Gasteiger partial charge on any atom is 0.339 e. The first-order valence-corrected chi connectivity index (χ1v) is 8.33. The van der Waals surface area contributed by atoms with Crippen molar-refractivity contribution in [3.63, 3.8) is 0 Å². The topological polar surface area (TPSA) is 73.9 Å². The number of carbonyl (C=O) groups excluding carboxylic acids is 2. The molecular formula is C19H20ClNO5. The summed E-state index contributed by atoms with van der Waals surface area (Å²) in [6.07, 6.45) is 0.150. The molecule has 0 unspecified atom stereocenters. The summed E-state index contributed by atoms with van der Waals surface area (Å²) in [5.74, 6) is 0.426. The number of amides is 1. The van der Waals surface area contributed by atoms with E-state index in [1.165, 1.54) is 19.2 Å². The Balaban J connectivity index is 2.06. The van der Waals surface area contributed by atoms with E-state index in [4.69, 9.17) is 25.8 Å². The lowest BCUT2D eigenvalue weighted by Crippen LogP contribution is -2.15. The Morgan fingerprint density at radius 1 is 1.04 bits per heavy atom. The molecule has 0 aliphatic rings. The number of hydrogen-bond acceptors (Lipinski definition) is 5. The van der Waals surface area contributed by atoms with E-state index in [9.17, 15) is 9.59 Å². The van der Waals surface area contributed by atoms with E-state index >= 15 is 0 Å². The number of methoxy groups -OCH3 is 2. The number of benzene rings is 2. The Morgan fingerprint density at radius 3 is 2.38 bits per heavy atom. The molecule has 0 atom stereocenters. The van der Waals surface area contributed by atoms with Gasteiger partial charge in [0.05, 0.1) is 37.8 Å². The number of carbonyl (C=O) groups is 2. The monoisotopic (exact) mass is 377 g/mol. The van der Waals surface area contributed by atoms with Crippen LogP contribution in [0.1, 0.15) is 22.8 Å². The highest BCUT2D eigenvalue weighted by atomic mass is 35.5. The summed E-state index contributed by atoms with van der Waals surface area (Å²) in [5, 5.41) is 2.96. The normalized spacial score (nSPS) is 10.2. The number of nitrogens with one attached hydrogen (secondary N) is 1. The molecule has 0 heterocycles. The molecule has 0 spiro atoms. The van der Waals surface area contributed by atoms with Crippen molar-refractivity contribution in [3.8, 4) is 11.5 Å². The van der Waals surface area contributed by atoms with Gasteiger partial charge in [0.15, 0.2) is 11.5 Å². The van der Waals surface area contributed by atoms with E-state index < -0.39 is 5.97 Å². The zero-order valence-corrected chi connectivity index (χ0v) is 15.6. The molecule has 1 N–H and O–H groups in total. The zero-order chi connectivity index (χ0) is 19.1. The molecule has 0 fully saturated rings. The van der Waals surface area contributed by atoms with Gasteiger partial charge >= 0.3 is 5.97 Å². The molecule has 2 rings (SSSR count). The first-order chi connectivity index (χ1) is 12.5. The van der Waals surface area contributed by atoms with Gasteiger partial charge in [0.25, 0.3) is 0 Å². The van der Waals surface area contributed by atoms with Gasteiger partial charge in [-0.25, -0.2) is 4.79 Å². The lowest BCUT2D eigenvalue weighted by Gasteiger charge is -2.11.